The highest BCUT2D eigenvalue weighted by Gasteiger charge is 2.45. The van der Waals surface area contributed by atoms with Gasteiger partial charge in [0.2, 0.25) is 0 Å². The molecule has 2 fully saturated rings. The molecule has 21 heavy (non-hydrogen) atoms. The van der Waals surface area contributed by atoms with Gasteiger partial charge in [0.05, 0.1) is 30.7 Å². The van der Waals surface area contributed by atoms with Crippen LogP contribution in [0.5, 0.6) is 0 Å². The van der Waals surface area contributed by atoms with E-state index in [0.717, 1.165) is 25.7 Å². The van der Waals surface area contributed by atoms with Gasteiger partial charge in [-0.2, -0.15) is 20.2 Å². The van der Waals surface area contributed by atoms with Gasteiger partial charge in [0.1, 0.15) is 0 Å². The number of hydrogen-bond donors (Lipinski definition) is 1. The number of thioether (sulfide) groups is 1. The van der Waals surface area contributed by atoms with Crippen LogP contribution < -0.4 is 0 Å². The zero-order valence-corrected chi connectivity index (χ0v) is 14.4. The molecule has 0 bridgehead atoms. The summed E-state index contributed by atoms with van der Waals surface area (Å²) < 4.78 is 42.0. The SMILES string of the molecule is CC1SC(C)C2OC(CCCCCCS(=O)(=O)O)COC12. The third kappa shape index (κ3) is 5.39. The molecule has 124 valence electrons. The second-order valence-electron chi connectivity index (χ2n) is 6.06. The van der Waals surface area contributed by atoms with E-state index in [4.69, 9.17) is 14.0 Å². The van der Waals surface area contributed by atoms with Crippen LogP contribution in [0.4, 0.5) is 0 Å². The minimum atomic E-state index is -3.80. The first-order chi connectivity index (χ1) is 9.87. The van der Waals surface area contributed by atoms with Crippen LogP contribution in [0.2, 0.25) is 0 Å². The van der Waals surface area contributed by atoms with Gasteiger partial charge in [-0.25, -0.2) is 0 Å². The second-order valence-corrected chi connectivity index (χ2v) is 9.39. The fourth-order valence-corrected chi connectivity index (χ4v) is 5.10. The molecular weight excluding hydrogens is 312 g/mol. The first-order valence-corrected chi connectivity index (χ1v) is 10.3. The van der Waals surface area contributed by atoms with Crippen LogP contribution >= 0.6 is 11.8 Å². The van der Waals surface area contributed by atoms with Gasteiger partial charge in [0.25, 0.3) is 10.1 Å². The van der Waals surface area contributed by atoms with Crippen LogP contribution in [-0.2, 0) is 19.6 Å². The fraction of sp³-hybridized carbons (Fsp3) is 1.00. The first-order valence-electron chi connectivity index (χ1n) is 7.74. The first kappa shape index (κ1) is 17.5. The maximum Gasteiger partial charge on any atom is 0.264 e. The van der Waals surface area contributed by atoms with E-state index < -0.39 is 10.1 Å². The van der Waals surface area contributed by atoms with Gasteiger partial charge in [0.15, 0.2) is 0 Å². The lowest BCUT2D eigenvalue weighted by molar-refractivity contribution is -0.174. The smallest absolute Gasteiger partial charge is 0.264 e. The Balaban J connectivity index is 1.60. The molecule has 2 saturated heterocycles. The molecule has 0 amide bonds. The Morgan fingerprint density at radius 3 is 2.48 bits per heavy atom. The van der Waals surface area contributed by atoms with E-state index in [-0.39, 0.29) is 24.1 Å². The van der Waals surface area contributed by atoms with Gasteiger partial charge < -0.3 is 9.47 Å². The van der Waals surface area contributed by atoms with Crippen molar-refractivity contribution in [2.24, 2.45) is 0 Å². The van der Waals surface area contributed by atoms with Crippen LogP contribution in [0.25, 0.3) is 0 Å². The van der Waals surface area contributed by atoms with Crippen molar-refractivity contribution >= 4 is 21.9 Å². The fourth-order valence-electron chi connectivity index (χ4n) is 3.09. The van der Waals surface area contributed by atoms with E-state index in [1.54, 1.807) is 0 Å². The van der Waals surface area contributed by atoms with Crippen molar-refractivity contribution in [2.45, 2.75) is 74.8 Å². The molecule has 5 unspecified atom stereocenters. The normalized spacial score (nSPS) is 36.6. The minimum Gasteiger partial charge on any atom is -0.372 e. The Kier molecular flexibility index (Phi) is 6.38. The molecule has 1 N–H and O–H groups in total. The van der Waals surface area contributed by atoms with Crippen molar-refractivity contribution in [1.29, 1.82) is 0 Å². The largest absolute Gasteiger partial charge is 0.372 e. The topological polar surface area (TPSA) is 72.8 Å². The number of unbranched alkanes of at least 4 members (excludes halogenated alkanes) is 3. The Hall–Kier alpha value is 0.180. The molecule has 2 heterocycles. The van der Waals surface area contributed by atoms with Crippen LogP contribution in [0.3, 0.4) is 0 Å². The molecule has 2 aliphatic rings. The molecule has 0 aromatic rings. The second kappa shape index (κ2) is 7.64. The van der Waals surface area contributed by atoms with Gasteiger partial charge in [-0.3, -0.25) is 4.55 Å². The third-order valence-corrected chi connectivity index (χ3v) is 6.38. The molecule has 0 spiro atoms. The highest BCUT2D eigenvalue weighted by molar-refractivity contribution is 8.00. The summed E-state index contributed by atoms with van der Waals surface area (Å²) in [4.78, 5) is 0. The predicted octanol–water partition coefficient (Wildman–Crippen LogP) is 2.50. The molecule has 0 aliphatic carbocycles. The van der Waals surface area contributed by atoms with E-state index in [1.165, 1.54) is 0 Å². The molecule has 2 rings (SSSR count). The van der Waals surface area contributed by atoms with Crippen molar-refractivity contribution in [1.82, 2.24) is 0 Å². The summed E-state index contributed by atoms with van der Waals surface area (Å²) in [7, 11) is -3.80. The molecule has 0 saturated carbocycles. The molecule has 7 heteroatoms. The molecule has 0 aromatic heterocycles. The number of hydrogen-bond acceptors (Lipinski definition) is 5. The Labute approximate surface area is 131 Å². The van der Waals surface area contributed by atoms with E-state index in [1.807, 2.05) is 11.8 Å². The number of rotatable bonds is 7. The number of ether oxygens (including phenoxy) is 2. The quantitative estimate of drug-likeness (QED) is 0.568. The summed E-state index contributed by atoms with van der Waals surface area (Å²) in [5.41, 5.74) is 0. The Bertz CT molecular complexity index is 425. The van der Waals surface area contributed by atoms with Crippen molar-refractivity contribution in [3.63, 3.8) is 0 Å². The van der Waals surface area contributed by atoms with E-state index in [2.05, 4.69) is 13.8 Å². The summed E-state index contributed by atoms with van der Waals surface area (Å²) in [6.45, 7) is 5.07. The van der Waals surface area contributed by atoms with E-state index >= 15 is 0 Å². The molecule has 2 aliphatic heterocycles. The monoisotopic (exact) mass is 338 g/mol. The van der Waals surface area contributed by atoms with Crippen molar-refractivity contribution < 1.29 is 22.4 Å². The van der Waals surface area contributed by atoms with Crippen molar-refractivity contribution in [3.8, 4) is 0 Å². The van der Waals surface area contributed by atoms with Crippen LogP contribution in [0.15, 0.2) is 0 Å². The standard InChI is InChI=1S/C14H26O5S2/c1-10-13-14(11(2)20-10)19-12(9-18-13)7-5-3-4-6-8-21(15,16)17/h10-14H,3-9H2,1-2H3,(H,15,16,17). The molecular formula is C14H26O5S2. The average molecular weight is 338 g/mol. The van der Waals surface area contributed by atoms with Gasteiger partial charge in [-0.05, 0) is 12.8 Å². The lowest BCUT2D eigenvalue weighted by Crippen LogP contribution is -2.46. The highest BCUT2D eigenvalue weighted by atomic mass is 32.2. The van der Waals surface area contributed by atoms with E-state index in [9.17, 15) is 8.42 Å². The summed E-state index contributed by atoms with van der Waals surface area (Å²) in [5, 5.41) is 0.994. The summed E-state index contributed by atoms with van der Waals surface area (Å²) in [6, 6.07) is 0. The van der Waals surface area contributed by atoms with Crippen molar-refractivity contribution in [2.75, 3.05) is 12.4 Å². The summed E-state index contributed by atoms with van der Waals surface area (Å²) >= 11 is 1.93. The van der Waals surface area contributed by atoms with Crippen molar-refractivity contribution in [3.05, 3.63) is 0 Å². The third-order valence-electron chi connectivity index (χ3n) is 4.18. The van der Waals surface area contributed by atoms with Crippen LogP contribution in [0, 0.1) is 0 Å². The minimum absolute atomic E-state index is 0.133. The molecule has 0 aromatic carbocycles. The molecule has 0 radical (unpaired) electrons. The van der Waals surface area contributed by atoms with Crippen LogP contribution in [-0.4, -0.2) is 54.1 Å². The number of fused-ring (bicyclic) bond motifs is 1. The van der Waals surface area contributed by atoms with E-state index in [0.29, 0.717) is 23.5 Å². The maximum absolute atomic E-state index is 10.6. The summed E-state index contributed by atoms with van der Waals surface area (Å²) in [5.74, 6) is -0.133. The molecule has 5 nitrogen and oxygen atoms in total. The average Bonchev–Trinajstić information content (AvgIpc) is 2.68. The zero-order chi connectivity index (χ0) is 15.5. The van der Waals surface area contributed by atoms with Gasteiger partial charge in [0, 0.05) is 10.5 Å². The lowest BCUT2D eigenvalue weighted by Gasteiger charge is -2.35. The van der Waals surface area contributed by atoms with Gasteiger partial charge >= 0.3 is 0 Å². The van der Waals surface area contributed by atoms with Gasteiger partial charge in [-0.1, -0.05) is 33.1 Å². The zero-order valence-electron chi connectivity index (χ0n) is 12.7. The Morgan fingerprint density at radius 2 is 1.76 bits per heavy atom. The van der Waals surface area contributed by atoms with Crippen LogP contribution in [0.1, 0.15) is 46.0 Å². The lowest BCUT2D eigenvalue weighted by atomic mass is 10.0. The summed E-state index contributed by atoms with van der Waals surface area (Å²) in [6.07, 6.45) is 4.89. The molecule has 5 atom stereocenters. The highest BCUT2D eigenvalue weighted by Crippen LogP contribution is 2.40. The maximum atomic E-state index is 10.6. The Morgan fingerprint density at radius 1 is 1.10 bits per heavy atom. The predicted molar refractivity (Wildman–Crippen MR) is 84.4 cm³/mol. The van der Waals surface area contributed by atoms with Gasteiger partial charge in [-0.15, -0.1) is 0 Å².